The van der Waals surface area contributed by atoms with Crippen LogP contribution >= 0.6 is 23.2 Å². The van der Waals surface area contributed by atoms with Crippen LogP contribution in [0.25, 0.3) is 0 Å². The normalized spacial score (nSPS) is 14.0. The highest BCUT2D eigenvalue weighted by atomic mass is 35.5. The van der Waals surface area contributed by atoms with Crippen LogP contribution in [0.15, 0.2) is 24.3 Å². The molecule has 2 aromatic rings. The summed E-state index contributed by atoms with van der Waals surface area (Å²) in [5.74, 6) is 0.495. The molecule has 0 saturated heterocycles. The van der Waals surface area contributed by atoms with Gasteiger partial charge >= 0.3 is 0 Å². The van der Waals surface area contributed by atoms with Gasteiger partial charge in [-0.15, -0.1) is 0 Å². The molecule has 6 heteroatoms. The fourth-order valence-electron chi connectivity index (χ4n) is 2.06. The summed E-state index contributed by atoms with van der Waals surface area (Å²) in [6, 6.07) is 7.40. The first-order valence-corrected chi connectivity index (χ1v) is 6.76. The number of anilines is 2. The van der Waals surface area contributed by atoms with Gasteiger partial charge in [-0.3, -0.25) is 0 Å². The van der Waals surface area contributed by atoms with E-state index in [2.05, 4.69) is 20.6 Å². The summed E-state index contributed by atoms with van der Waals surface area (Å²) >= 11 is 12.1. The van der Waals surface area contributed by atoms with E-state index in [-0.39, 0.29) is 0 Å². The van der Waals surface area contributed by atoms with Crippen LogP contribution in [0, 0.1) is 0 Å². The van der Waals surface area contributed by atoms with Gasteiger partial charge in [0.05, 0.1) is 5.69 Å². The van der Waals surface area contributed by atoms with Crippen LogP contribution in [0.2, 0.25) is 10.2 Å². The minimum atomic E-state index is 0.495. The Hall–Kier alpha value is -1.36. The second-order valence-corrected chi connectivity index (χ2v) is 5.12. The molecule has 1 aliphatic rings. The molecule has 0 bridgehead atoms. The van der Waals surface area contributed by atoms with Crippen LogP contribution in [0.4, 0.5) is 11.6 Å². The topological polar surface area (TPSA) is 49.8 Å². The first-order chi connectivity index (χ1) is 9.22. The van der Waals surface area contributed by atoms with Crippen molar-refractivity contribution >= 4 is 34.8 Å². The van der Waals surface area contributed by atoms with Crippen molar-refractivity contribution in [2.75, 3.05) is 11.9 Å². The third-order valence-corrected chi connectivity index (χ3v) is 3.52. The molecule has 4 nitrogen and oxygen atoms in total. The van der Waals surface area contributed by atoms with Gasteiger partial charge in [-0.1, -0.05) is 29.3 Å². The first-order valence-electron chi connectivity index (χ1n) is 6.01. The summed E-state index contributed by atoms with van der Waals surface area (Å²) in [6.45, 7) is 1.64. The molecule has 0 radical (unpaired) electrons. The van der Waals surface area contributed by atoms with Crippen molar-refractivity contribution in [1.29, 1.82) is 0 Å². The van der Waals surface area contributed by atoms with Gasteiger partial charge in [0.1, 0.15) is 5.15 Å². The summed E-state index contributed by atoms with van der Waals surface area (Å²) in [7, 11) is 0. The van der Waals surface area contributed by atoms with E-state index in [9.17, 15) is 0 Å². The van der Waals surface area contributed by atoms with E-state index in [1.54, 1.807) is 0 Å². The Morgan fingerprint density at radius 1 is 1.21 bits per heavy atom. The Bertz CT molecular complexity index is 616. The van der Waals surface area contributed by atoms with Crippen LogP contribution in [0.3, 0.4) is 0 Å². The lowest BCUT2D eigenvalue weighted by Gasteiger charge is -2.18. The van der Waals surface area contributed by atoms with Gasteiger partial charge < -0.3 is 10.6 Å². The number of aromatic nitrogens is 2. The fraction of sp³-hybridized carbons (Fsp3) is 0.231. The Labute approximate surface area is 121 Å². The monoisotopic (exact) mass is 294 g/mol. The molecule has 2 N–H and O–H groups in total. The number of halogens is 2. The smallest absolute Gasteiger partial charge is 0.228 e. The number of fused-ring (bicyclic) bond motifs is 1. The zero-order chi connectivity index (χ0) is 13.2. The highest BCUT2D eigenvalue weighted by Crippen LogP contribution is 2.24. The summed E-state index contributed by atoms with van der Waals surface area (Å²) in [4.78, 5) is 8.77. The molecular formula is C13H12Cl2N4. The van der Waals surface area contributed by atoms with Gasteiger partial charge in [-0.05, 0) is 31.2 Å². The second kappa shape index (κ2) is 5.33. The van der Waals surface area contributed by atoms with Crippen molar-refractivity contribution in [2.45, 2.75) is 13.0 Å². The van der Waals surface area contributed by atoms with E-state index >= 15 is 0 Å². The van der Waals surface area contributed by atoms with E-state index in [1.165, 1.54) is 0 Å². The van der Waals surface area contributed by atoms with Crippen molar-refractivity contribution in [1.82, 2.24) is 15.3 Å². The van der Waals surface area contributed by atoms with Crippen molar-refractivity contribution in [2.24, 2.45) is 0 Å². The van der Waals surface area contributed by atoms with Crippen molar-refractivity contribution in [3.05, 3.63) is 45.7 Å². The van der Waals surface area contributed by atoms with Gasteiger partial charge in [0.25, 0.3) is 0 Å². The molecule has 0 unspecified atom stereocenters. The minimum absolute atomic E-state index is 0.495. The number of hydrogen-bond acceptors (Lipinski definition) is 4. The van der Waals surface area contributed by atoms with Crippen LogP contribution in [-0.4, -0.2) is 16.5 Å². The van der Waals surface area contributed by atoms with Crippen LogP contribution in [0.5, 0.6) is 0 Å². The lowest BCUT2D eigenvalue weighted by molar-refractivity contribution is 0.624. The van der Waals surface area contributed by atoms with Gasteiger partial charge in [-0.2, -0.15) is 0 Å². The van der Waals surface area contributed by atoms with Crippen LogP contribution in [0.1, 0.15) is 11.3 Å². The predicted octanol–water partition coefficient (Wildman–Crippen LogP) is 3.17. The van der Waals surface area contributed by atoms with E-state index in [1.807, 2.05) is 24.3 Å². The van der Waals surface area contributed by atoms with Crippen molar-refractivity contribution in [3.63, 3.8) is 0 Å². The zero-order valence-corrected chi connectivity index (χ0v) is 11.6. The molecule has 1 aromatic carbocycles. The molecule has 2 heterocycles. The standard InChI is InChI=1S/C13H12Cl2N4/c14-8-2-1-3-9(6-8)17-13-18-11-7-16-5-4-10(11)12(15)19-13/h1-3,6,16H,4-5,7H2,(H,17,18,19). The first kappa shape index (κ1) is 12.7. The number of benzene rings is 1. The van der Waals surface area contributed by atoms with Crippen molar-refractivity contribution < 1.29 is 0 Å². The van der Waals surface area contributed by atoms with E-state index in [0.717, 1.165) is 36.5 Å². The van der Waals surface area contributed by atoms with Gasteiger partial charge in [0.15, 0.2) is 0 Å². The minimum Gasteiger partial charge on any atom is -0.324 e. The number of nitrogens with one attached hydrogen (secondary N) is 2. The maximum Gasteiger partial charge on any atom is 0.228 e. The summed E-state index contributed by atoms with van der Waals surface area (Å²) in [5, 5.41) is 7.57. The molecule has 1 aliphatic heterocycles. The molecule has 0 aliphatic carbocycles. The summed E-state index contributed by atoms with van der Waals surface area (Å²) in [6.07, 6.45) is 0.867. The Morgan fingerprint density at radius 3 is 2.95 bits per heavy atom. The third kappa shape index (κ3) is 2.81. The maximum atomic E-state index is 6.20. The average molecular weight is 295 g/mol. The largest absolute Gasteiger partial charge is 0.324 e. The number of nitrogens with zero attached hydrogens (tertiary/aromatic N) is 2. The number of rotatable bonds is 2. The summed E-state index contributed by atoms with van der Waals surface area (Å²) < 4.78 is 0. The van der Waals surface area contributed by atoms with Gasteiger partial charge in [0.2, 0.25) is 5.95 Å². The Morgan fingerprint density at radius 2 is 2.11 bits per heavy atom. The molecular weight excluding hydrogens is 283 g/mol. The molecule has 98 valence electrons. The SMILES string of the molecule is Clc1cccc(Nc2nc(Cl)c3c(n2)CNCC3)c1. The lowest BCUT2D eigenvalue weighted by Crippen LogP contribution is -2.25. The third-order valence-electron chi connectivity index (χ3n) is 2.97. The fourth-order valence-corrected chi connectivity index (χ4v) is 2.54. The van der Waals surface area contributed by atoms with Gasteiger partial charge in [-0.25, -0.2) is 9.97 Å². The highest BCUT2D eigenvalue weighted by Gasteiger charge is 2.16. The summed E-state index contributed by atoms with van der Waals surface area (Å²) in [5.41, 5.74) is 2.83. The number of hydrogen-bond donors (Lipinski definition) is 2. The lowest BCUT2D eigenvalue weighted by atomic mass is 10.1. The second-order valence-electron chi connectivity index (χ2n) is 4.33. The van der Waals surface area contributed by atoms with Crippen LogP contribution in [-0.2, 0) is 13.0 Å². The Kier molecular flexibility index (Phi) is 3.55. The van der Waals surface area contributed by atoms with E-state index in [0.29, 0.717) is 16.1 Å². The molecule has 3 rings (SSSR count). The molecule has 0 spiro atoms. The van der Waals surface area contributed by atoms with E-state index in [4.69, 9.17) is 23.2 Å². The molecule has 0 saturated carbocycles. The average Bonchev–Trinajstić information content (AvgIpc) is 2.39. The molecule has 1 aromatic heterocycles. The van der Waals surface area contributed by atoms with E-state index < -0.39 is 0 Å². The molecule has 0 fully saturated rings. The highest BCUT2D eigenvalue weighted by molar-refractivity contribution is 6.31. The van der Waals surface area contributed by atoms with Crippen molar-refractivity contribution in [3.8, 4) is 0 Å². The molecule has 19 heavy (non-hydrogen) atoms. The maximum absolute atomic E-state index is 6.20. The predicted molar refractivity (Wildman–Crippen MR) is 77.2 cm³/mol. The van der Waals surface area contributed by atoms with Crippen LogP contribution < -0.4 is 10.6 Å². The van der Waals surface area contributed by atoms with Gasteiger partial charge in [0, 0.05) is 22.8 Å². The molecule has 0 atom stereocenters. The zero-order valence-electron chi connectivity index (χ0n) is 10.1. The quantitative estimate of drug-likeness (QED) is 0.836. The molecule has 0 amide bonds. The Balaban J connectivity index is 1.91.